The predicted octanol–water partition coefficient (Wildman–Crippen LogP) is 4.10. The van der Waals surface area contributed by atoms with Crippen LogP contribution in [0, 0.1) is 20.8 Å². The molecule has 0 saturated carbocycles. The Morgan fingerprint density at radius 1 is 1.06 bits per heavy atom. The van der Waals surface area contributed by atoms with Crippen LogP contribution in [-0.4, -0.2) is 44.4 Å². The molecule has 8 nitrogen and oxygen atoms in total. The molecule has 3 aromatic heterocycles. The van der Waals surface area contributed by atoms with Crippen LogP contribution in [0.25, 0.3) is 22.2 Å². The fourth-order valence-corrected chi connectivity index (χ4v) is 3.82. The number of carbonyl (C=O) groups is 1. The third kappa shape index (κ3) is 5.00. The number of rotatable bonds is 8. The van der Waals surface area contributed by atoms with Crippen LogP contribution in [0.4, 0.5) is 0 Å². The second-order valence-corrected chi connectivity index (χ2v) is 7.99. The van der Waals surface area contributed by atoms with Crippen LogP contribution in [0.15, 0.2) is 36.4 Å². The number of aromatic nitrogens is 5. The second kappa shape index (κ2) is 9.77. The summed E-state index contributed by atoms with van der Waals surface area (Å²) in [6.45, 7) is 8.90. The Bertz CT molecular complexity index is 1300. The fraction of sp³-hybridized carbons (Fsp3) is 0.320. The quantitative estimate of drug-likeness (QED) is 0.396. The number of hydrogen-bond donors (Lipinski definition) is 2. The minimum absolute atomic E-state index is 0.130. The lowest BCUT2D eigenvalue weighted by molar-refractivity contribution is 0.0953. The number of hydrogen-bond acceptors (Lipinski definition) is 6. The van der Waals surface area contributed by atoms with Crippen molar-refractivity contribution in [3.63, 3.8) is 0 Å². The maximum absolute atomic E-state index is 12.8. The van der Waals surface area contributed by atoms with E-state index in [4.69, 9.17) is 9.72 Å². The van der Waals surface area contributed by atoms with E-state index in [9.17, 15) is 4.79 Å². The Morgan fingerprint density at radius 2 is 1.91 bits per heavy atom. The number of H-pyrrole nitrogens is 1. The van der Waals surface area contributed by atoms with Crippen LogP contribution in [0.5, 0.6) is 5.75 Å². The van der Waals surface area contributed by atoms with E-state index in [1.807, 2.05) is 64.1 Å². The number of ether oxygens (including phenoxy) is 1. The Hall–Kier alpha value is -3.81. The van der Waals surface area contributed by atoms with E-state index >= 15 is 0 Å². The van der Waals surface area contributed by atoms with Crippen LogP contribution in [0.2, 0.25) is 0 Å². The highest BCUT2D eigenvalue weighted by Gasteiger charge is 2.14. The van der Waals surface area contributed by atoms with Crippen LogP contribution in [0.1, 0.15) is 46.5 Å². The normalized spacial score (nSPS) is 11.0. The molecule has 170 valence electrons. The molecule has 0 fully saturated rings. The van der Waals surface area contributed by atoms with Crippen LogP contribution in [-0.2, 0) is 6.42 Å². The molecular weight excluding hydrogens is 416 g/mol. The zero-order chi connectivity index (χ0) is 23.4. The van der Waals surface area contributed by atoms with Gasteiger partial charge < -0.3 is 10.1 Å². The lowest BCUT2D eigenvalue weighted by Crippen LogP contribution is -2.24. The van der Waals surface area contributed by atoms with E-state index in [0.717, 1.165) is 58.0 Å². The molecule has 0 aliphatic rings. The van der Waals surface area contributed by atoms with Gasteiger partial charge in [0.1, 0.15) is 5.75 Å². The van der Waals surface area contributed by atoms with Crippen molar-refractivity contribution in [1.82, 2.24) is 30.7 Å². The van der Waals surface area contributed by atoms with Gasteiger partial charge in [0.25, 0.3) is 5.91 Å². The van der Waals surface area contributed by atoms with Gasteiger partial charge in [-0.15, -0.1) is 5.10 Å². The Labute approximate surface area is 192 Å². The summed E-state index contributed by atoms with van der Waals surface area (Å²) >= 11 is 0. The molecule has 1 amide bonds. The summed E-state index contributed by atoms with van der Waals surface area (Å²) in [7, 11) is 0. The molecule has 0 saturated heterocycles. The molecule has 1 aromatic carbocycles. The number of benzene rings is 1. The topological polar surface area (TPSA) is 106 Å². The van der Waals surface area contributed by atoms with Gasteiger partial charge in [0.15, 0.2) is 0 Å². The molecule has 0 spiro atoms. The Morgan fingerprint density at radius 3 is 2.64 bits per heavy atom. The third-order valence-corrected chi connectivity index (χ3v) is 5.55. The average molecular weight is 445 g/mol. The number of amides is 1. The second-order valence-electron chi connectivity index (χ2n) is 7.99. The standard InChI is InChI=1S/C25H28N6O2/c1-5-33-24-14-23(19-10-8-15(2)27-16(19)3)28-22-13-18(9-11-20(22)24)25(32)26-12-6-7-21-17(4)29-31-30-21/h8-11,13-14H,5-7,12H2,1-4H3,(H,26,32)(H,29,30,31). The van der Waals surface area contributed by atoms with Crippen LogP contribution in [0.3, 0.4) is 0 Å². The Balaban J connectivity index is 1.57. The lowest BCUT2D eigenvalue weighted by Gasteiger charge is -2.13. The Kier molecular flexibility index (Phi) is 6.63. The van der Waals surface area contributed by atoms with Crippen molar-refractivity contribution < 1.29 is 9.53 Å². The van der Waals surface area contributed by atoms with E-state index in [2.05, 4.69) is 25.7 Å². The predicted molar refractivity (Wildman–Crippen MR) is 127 cm³/mol. The molecule has 3 heterocycles. The molecule has 0 aliphatic heterocycles. The average Bonchev–Trinajstić information content (AvgIpc) is 3.20. The SMILES string of the molecule is CCOc1cc(-c2ccc(C)nc2C)nc2cc(C(=O)NCCCc3[nH]nnc3C)ccc12. The maximum atomic E-state index is 12.8. The zero-order valence-electron chi connectivity index (χ0n) is 19.4. The van der Waals surface area contributed by atoms with E-state index in [1.165, 1.54) is 0 Å². The maximum Gasteiger partial charge on any atom is 0.251 e. The van der Waals surface area contributed by atoms with Crippen molar-refractivity contribution in [3.05, 3.63) is 64.7 Å². The highest BCUT2D eigenvalue weighted by atomic mass is 16.5. The molecule has 2 N–H and O–H groups in total. The molecule has 0 atom stereocenters. The number of nitrogens with one attached hydrogen (secondary N) is 2. The summed E-state index contributed by atoms with van der Waals surface area (Å²) < 4.78 is 5.90. The van der Waals surface area contributed by atoms with Gasteiger partial charge in [-0.2, -0.15) is 0 Å². The van der Waals surface area contributed by atoms with Gasteiger partial charge in [0, 0.05) is 40.5 Å². The molecular formula is C25H28N6O2. The number of aromatic amines is 1. The monoisotopic (exact) mass is 444 g/mol. The van der Waals surface area contributed by atoms with E-state index in [0.29, 0.717) is 24.2 Å². The van der Waals surface area contributed by atoms with Gasteiger partial charge in [0.05, 0.1) is 29.2 Å². The molecule has 33 heavy (non-hydrogen) atoms. The fourth-order valence-electron chi connectivity index (χ4n) is 3.82. The molecule has 0 radical (unpaired) electrons. The van der Waals surface area contributed by atoms with Crippen molar-refractivity contribution in [2.45, 2.75) is 40.5 Å². The summed E-state index contributed by atoms with van der Waals surface area (Å²) in [5.74, 6) is 0.614. The first-order valence-electron chi connectivity index (χ1n) is 11.1. The van der Waals surface area contributed by atoms with Crippen molar-refractivity contribution in [2.24, 2.45) is 0 Å². The molecule has 0 unspecified atom stereocenters. The zero-order valence-corrected chi connectivity index (χ0v) is 19.4. The number of carbonyl (C=O) groups excluding carboxylic acids is 1. The summed E-state index contributed by atoms with van der Waals surface area (Å²) in [6.07, 6.45) is 1.57. The number of fused-ring (bicyclic) bond motifs is 1. The van der Waals surface area contributed by atoms with E-state index in [-0.39, 0.29) is 5.91 Å². The van der Waals surface area contributed by atoms with Gasteiger partial charge in [-0.1, -0.05) is 5.21 Å². The van der Waals surface area contributed by atoms with Crippen molar-refractivity contribution >= 4 is 16.8 Å². The third-order valence-electron chi connectivity index (χ3n) is 5.55. The smallest absolute Gasteiger partial charge is 0.251 e. The minimum Gasteiger partial charge on any atom is -0.493 e. The van der Waals surface area contributed by atoms with Gasteiger partial charge in [-0.25, -0.2) is 4.98 Å². The van der Waals surface area contributed by atoms with Gasteiger partial charge in [0.2, 0.25) is 0 Å². The van der Waals surface area contributed by atoms with Gasteiger partial charge in [-0.3, -0.25) is 14.9 Å². The minimum atomic E-state index is -0.130. The van der Waals surface area contributed by atoms with Crippen molar-refractivity contribution in [1.29, 1.82) is 0 Å². The molecule has 0 bridgehead atoms. The van der Waals surface area contributed by atoms with Crippen molar-refractivity contribution in [3.8, 4) is 17.0 Å². The summed E-state index contributed by atoms with van der Waals surface area (Å²) in [5.41, 5.74) is 6.74. The molecule has 8 heteroatoms. The summed E-state index contributed by atoms with van der Waals surface area (Å²) in [5, 5.41) is 14.5. The highest BCUT2D eigenvalue weighted by Crippen LogP contribution is 2.31. The number of nitrogens with zero attached hydrogens (tertiary/aromatic N) is 4. The highest BCUT2D eigenvalue weighted by molar-refractivity contribution is 5.99. The van der Waals surface area contributed by atoms with Gasteiger partial charge in [-0.05, 0) is 70.9 Å². The largest absolute Gasteiger partial charge is 0.493 e. The van der Waals surface area contributed by atoms with Gasteiger partial charge >= 0.3 is 0 Å². The number of pyridine rings is 2. The summed E-state index contributed by atoms with van der Waals surface area (Å²) in [6, 6.07) is 11.5. The van der Waals surface area contributed by atoms with Crippen LogP contribution < -0.4 is 10.1 Å². The van der Waals surface area contributed by atoms with E-state index in [1.54, 1.807) is 0 Å². The number of aryl methyl sites for hydroxylation is 4. The van der Waals surface area contributed by atoms with E-state index < -0.39 is 0 Å². The first-order chi connectivity index (χ1) is 16.0. The first kappa shape index (κ1) is 22.4. The molecule has 4 rings (SSSR count). The lowest BCUT2D eigenvalue weighted by atomic mass is 10.1. The first-order valence-corrected chi connectivity index (χ1v) is 11.1. The van der Waals surface area contributed by atoms with Crippen LogP contribution >= 0.6 is 0 Å². The summed E-state index contributed by atoms with van der Waals surface area (Å²) in [4.78, 5) is 22.2. The molecule has 0 aliphatic carbocycles. The molecule has 4 aromatic rings. The van der Waals surface area contributed by atoms with Crippen molar-refractivity contribution in [2.75, 3.05) is 13.2 Å².